The molecule has 0 unspecified atom stereocenters. The lowest BCUT2D eigenvalue weighted by atomic mass is 9.95. The maximum Gasteiger partial charge on any atom is 0.0641 e. The summed E-state index contributed by atoms with van der Waals surface area (Å²) >= 11 is 18.8. The highest BCUT2D eigenvalue weighted by atomic mass is 35.5. The van der Waals surface area contributed by atoms with Crippen LogP contribution >= 0.6 is 59.6 Å². The molecule has 1 heterocycles. The third-order valence-corrected chi connectivity index (χ3v) is 4.70. The van der Waals surface area contributed by atoms with Crippen LogP contribution in [0.5, 0.6) is 0 Å². The largest absolute Gasteiger partial charge is 0.314 e. The molecule has 1 N–H and O–H groups in total. The maximum atomic E-state index is 6.43. The van der Waals surface area contributed by atoms with Crippen LogP contribution in [0.3, 0.4) is 0 Å². The number of rotatable bonds is 4. The van der Waals surface area contributed by atoms with Crippen molar-refractivity contribution in [2.75, 3.05) is 26.2 Å². The average molecular weight is 409 g/mol. The zero-order valence-corrected chi connectivity index (χ0v) is 16.6. The molecule has 1 atom stereocenters. The van der Waals surface area contributed by atoms with Crippen LogP contribution in [0.1, 0.15) is 31.9 Å². The minimum atomic E-state index is 0. The normalized spacial score (nSPS) is 16.8. The fraction of sp³-hybridized carbons (Fsp3) is 0.600. The number of hydrogen-bond acceptors (Lipinski definition) is 2. The summed E-state index contributed by atoms with van der Waals surface area (Å²) in [4.78, 5) is 2.48. The second-order valence-corrected chi connectivity index (χ2v) is 6.94. The molecule has 2 rings (SSSR count). The molecule has 128 valence electrons. The molecule has 0 aliphatic carbocycles. The average Bonchev–Trinajstić information content (AvgIpc) is 2.41. The predicted molar refractivity (Wildman–Crippen MR) is 103 cm³/mol. The smallest absolute Gasteiger partial charge is 0.0641 e. The van der Waals surface area contributed by atoms with Gasteiger partial charge in [0.05, 0.1) is 10.0 Å². The summed E-state index contributed by atoms with van der Waals surface area (Å²) in [5.74, 6) is 0.587. The summed E-state index contributed by atoms with van der Waals surface area (Å²) in [7, 11) is 0. The molecule has 1 aliphatic rings. The molecular formula is C15H23Cl5N2. The molecule has 22 heavy (non-hydrogen) atoms. The van der Waals surface area contributed by atoms with Crippen LogP contribution in [0.4, 0.5) is 0 Å². The summed E-state index contributed by atoms with van der Waals surface area (Å²) in [5.41, 5.74) is 1.06. The van der Waals surface area contributed by atoms with Crippen LogP contribution in [-0.4, -0.2) is 31.1 Å². The summed E-state index contributed by atoms with van der Waals surface area (Å²) in [6.45, 7) is 8.54. The first-order valence-electron chi connectivity index (χ1n) is 7.08. The van der Waals surface area contributed by atoms with Crippen molar-refractivity contribution in [3.8, 4) is 0 Å². The van der Waals surface area contributed by atoms with Gasteiger partial charge in [0.2, 0.25) is 0 Å². The topological polar surface area (TPSA) is 15.3 Å². The lowest BCUT2D eigenvalue weighted by Gasteiger charge is -2.36. The Morgan fingerprint density at radius 1 is 1.09 bits per heavy atom. The van der Waals surface area contributed by atoms with E-state index in [1.807, 2.05) is 6.07 Å². The molecule has 2 nitrogen and oxygen atoms in total. The number of nitrogens with zero attached hydrogens (tertiary/aromatic N) is 1. The van der Waals surface area contributed by atoms with Gasteiger partial charge in [0.1, 0.15) is 0 Å². The highest BCUT2D eigenvalue weighted by Crippen LogP contribution is 2.38. The molecular weight excluding hydrogens is 385 g/mol. The van der Waals surface area contributed by atoms with Gasteiger partial charge in [0.25, 0.3) is 0 Å². The number of benzene rings is 1. The van der Waals surface area contributed by atoms with Crippen LogP contribution in [0.25, 0.3) is 0 Å². The molecule has 0 amide bonds. The Morgan fingerprint density at radius 2 is 1.68 bits per heavy atom. The molecule has 7 heteroatoms. The van der Waals surface area contributed by atoms with E-state index in [4.69, 9.17) is 34.8 Å². The van der Waals surface area contributed by atoms with Crippen molar-refractivity contribution in [2.45, 2.75) is 26.3 Å². The Kier molecular flexibility index (Phi) is 10.7. The van der Waals surface area contributed by atoms with E-state index in [1.54, 1.807) is 6.07 Å². The lowest BCUT2D eigenvalue weighted by molar-refractivity contribution is 0.154. The SMILES string of the molecule is CC(C)C[C@@H](c1cc(Cl)cc(Cl)c1Cl)N1CCNCC1.Cl.Cl. The van der Waals surface area contributed by atoms with Crippen LogP contribution in [0, 0.1) is 5.92 Å². The van der Waals surface area contributed by atoms with Crippen molar-refractivity contribution in [3.63, 3.8) is 0 Å². The molecule has 1 aromatic rings. The Morgan fingerprint density at radius 3 is 2.23 bits per heavy atom. The van der Waals surface area contributed by atoms with Gasteiger partial charge in [0, 0.05) is 37.2 Å². The highest BCUT2D eigenvalue weighted by molar-refractivity contribution is 6.43. The van der Waals surface area contributed by atoms with E-state index in [-0.39, 0.29) is 30.9 Å². The summed E-state index contributed by atoms with van der Waals surface area (Å²) < 4.78 is 0. The summed E-state index contributed by atoms with van der Waals surface area (Å²) in [5, 5.41) is 5.22. The third-order valence-electron chi connectivity index (χ3n) is 3.67. The number of piperazine rings is 1. The van der Waals surface area contributed by atoms with Gasteiger partial charge in [-0.1, -0.05) is 48.7 Å². The molecule has 1 aliphatic heterocycles. The van der Waals surface area contributed by atoms with Crippen molar-refractivity contribution in [1.29, 1.82) is 0 Å². The Balaban J connectivity index is 0.00000220. The van der Waals surface area contributed by atoms with Crippen molar-refractivity contribution in [3.05, 3.63) is 32.8 Å². The fourth-order valence-electron chi connectivity index (χ4n) is 2.73. The van der Waals surface area contributed by atoms with Crippen LogP contribution in [0.2, 0.25) is 15.1 Å². The van der Waals surface area contributed by atoms with E-state index >= 15 is 0 Å². The Labute approximate surface area is 160 Å². The van der Waals surface area contributed by atoms with Gasteiger partial charge in [-0.15, -0.1) is 24.8 Å². The molecule has 1 aromatic carbocycles. The standard InChI is InChI=1S/C15H21Cl3N2.2ClH/c1-10(2)7-14(20-5-3-19-4-6-20)12-8-11(16)9-13(17)15(12)18;;/h8-10,14,19H,3-7H2,1-2H3;2*1H/t14-;;/m0../s1. The summed E-state index contributed by atoms with van der Waals surface area (Å²) in [6, 6.07) is 3.95. The van der Waals surface area contributed by atoms with Crippen LogP contribution in [-0.2, 0) is 0 Å². The van der Waals surface area contributed by atoms with Crippen LogP contribution in [0.15, 0.2) is 12.1 Å². The second kappa shape index (κ2) is 10.5. The lowest BCUT2D eigenvalue weighted by Crippen LogP contribution is -2.45. The maximum absolute atomic E-state index is 6.43. The van der Waals surface area contributed by atoms with Crippen LogP contribution < -0.4 is 5.32 Å². The van der Waals surface area contributed by atoms with E-state index in [0.29, 0.717) is 21.0 Å². The van der Waals surface area contributed by atoms with Crippen molar-refractivity contribution in [2.24, 2.45) is 5.92 Å². The zero-order valence-electron chi connectivity index (χ0n) is 12.7. The molecule has 0 spiro atoms. The summed E-state index contributed by atoms with van der Waals surface area (Å²) in [6.07, 6.45) is 1.05. The van der Waals surface area contributed by atoms with Gasteiger partial charge in [-0.3, -0.25) is 4.90 Å². The molecule has 0 saturated carbocycles. The number of halogens is 5. The quantitative estimate of drug-likeness (QED) is 0.664. The van der Waals surface area contributed by atoms with Gasteiger partial charge in [-0.25, -0.2) is 0 Å². The molecule has 0 bridgehead atoms. The van der Waals surface area contributed by atoms with E-state index in [0.717, 1.165) is 38.2 Å². The Hall–Kier alpha value is 0.590. The van der Waals surface area contributed by atoms with Gasteiger partial charge < -0.3 is 5.32 Å². The third kappa shape index (κ3) is 5.90. The fourth-order valence-corrected chi connectivity index (χ4v) is 3.48. The number of nitrogens with one attached hydrogen (secondary N) is 1. The Bertz CT molecular complexity index is 461. The van der Waals surface area contributed by atoms with Crippen molar-refractivity contribution < 1.29 is 0 Å². The van der Waals surface area contributed by atoms with Gasteiger partial charge in [0.15, 0.2) is 0 Å². The molecule has 0 radical (unpaired) electrons. The molecule has 1 fully saturated rings. The second-order valence-electron chi connectivity index (χ2n) is 5.72. The van der Waals surface area contributed by atoms with E-state index in [9.17, 15) is 0 Å². The van der Waals surface area contributed by atoms with Crippen molar-refractivity contribution >= 4 is 59.6 Å². The van der Waals surface area contributed by atoms with Gasteiger partial charge in [-0.05, 0) is 30.0 Å². The highest BCUT2D eigenvalue weighted by Gasteiger charge is 2.26. The number of hydrogen-bond donors (Lipinski definition) is 1. The molecule has 1 saturated heterocycles. The van der Waals surface area contributed by atoms with Gasteiger partial charge in [-0.2, -0.15) is 0 Å². The first kappa shape index (κ1) is 22.6. The monoisotopic (exact) mass is 406 g/mol. The van der Waals surface area contributed by atoms with E-state index in [2.05, 4.69) is 24.1 Å². The predicted octanol–water partition coefficient (Wildman–Crippen LogP) is 5.48. The van der Waals surface area contributed by atoms with Gasteiger partial charge >= 0.3 is 0 Å². The minimum absolute atomic E-state index is 0. The van der Waals surface area contributed by atoms with E-state index < -0.39 is 0 Å². The minimum Gasteiger partial charge on any atom is -0.314 e. The first-order chi connectivity index (χ1) is 9.49. The zero-order chi connectivity index (χ0) is 14.7. The molecule has 0 aromatic heterocycles. The van der Waals surface area contributed by atoms with E-state index in [1.165, 1.54) is 0 Å². The first-order valence-corrected chi connectivity index (χ1v) is 8.21. The van der Waals surface area contributed by atoms with Crippen molar-refractivity contribution in [1.82, 2.24) is 10.2 Å².